The van der Waals surface area contributed by atoms with Crippen molar-refractivity contribution in [2.24, 2.45) is 0 Å². The molecule has 4 nitrogen and oxygen atoms in total. The molecule has 0 spiro atoms. The molecule has 0 saturated carbocycles. The Labute approximate surface area is 104 Å². The molecule has 0 amide bonds. The Morgan fingerprint density at radius 1 is 1.36 bits per heavy atom. The van der Waals surface area contributed by atoms with Crippen LogP contribution in [0, 0.1) is 0 Å². The summed E-state index contributed by atoms with van der Waals surface area (Å²) in [7, 11) is -4.66. The van der Waals surface area contributed by atoms with Gasteiger partial charge in [0, 0.05) is 7.11 Å². The van der Waals surface area contributed by atoms with Crippen molar-refractivity contribution in [2.45, 2.75) is 10.5 Å². The first-order valence-corrected chi connectivity index (χ1v) is 4.63. The normalized spacial score (nSPS) is 11.4. The summed E-state index contributed by atoms with van der Waals surface area (Å²) >= 11 is 10.0. The van der Waals surface area contributed by atoms with E-state index >= 15 is 0 Å². The van der Waals surface area contributed by atoms with Gasteiger partial charge in [-0.15, -0.1) is 0 Å². The summed E-state index contributed by atoms with van der Waals surface area (Å²) < 4.78 is 63.2. The molecule has 0 radical (unpaired) electrons. The third-order valence-corrected chi connectivity index (χ3v) is 1.38. The molecule has 0 atom stereocenters. The van der Waals surface area contributed by atoms with Crippen molar-refractivity contribution in [2.75, 3.05) is 7.11 Å². The molecule has 0 aliphatic carbocycles. The molecule has 0 N–H and O–H groups in total. The number of hydrogen-bond acceptors (Lipinski definition) is 4. The van der Waals surface area contributed by atoms with Crippen LogP contribution in [-0.2, 0) is 37.2 Å². The van der Waals surface area contributed by atoms with Crippen molar-refractivity contribution in [1.29, 1.82) is 0 Å². The van der Waals surface area contributed by atoms with Crippen molar-refractivity contribution >= 4 is 33.3 Å². The van der Waals surface area contributed by atoms with Gasteiger partial charge in [-0.3, -0.25) is 0 Å². The van der Waals surface area contributed by atoms with Gasteiger partial charge in [-0.1, -0.05) is 23.2 Å². The zero-order chi connectivity index (χ0) is 11.3. The number of hydrogen-bond donors (Lipinski definition) is 0. The third kappa shape index (κ3) is 13.0. The molecule has 0 heterocycles. The molecule has 0 rings (SSSR count). The summed E-state index contributed by atoms with van der Waals surface area (Å²) in [5.41, 5.74) is -5.65. The Bertz CT molecular complexity index is 228. The van der Waals surface area contributed by atoms with Crippen LogP contribution in [0.2, 0.25) is 0 Å². The zero-order valence-corrected chi connectivity index (χ0v) is 10.1. The van der Waals surface area contributed by atoms with Crippen molar-refractivity contribution < 1.29 is 53.3 Å². The number of ether oxygens (including phenoxy) is 1. The summed E-state index contributed by atoms with van der Waals surface area (Å²) in [5.74, 6) is 0. The van der Waals surface area contributed by atoms with Gasteiger partial charge in [-0.2, -0.15) is 13.2 Å². The summed E-state index contributed by atoms with van der Waals surface area (Å²) in [6, 6.07) is 0. The average molecular weight is 372 g/mol. The molecular weight excluding hydrogens is 368 g/mol. The Morgan fingerprint density at radius 2 is 1.50 bits per heavy atom. The number of rotatable bonds is 1. The van der Waals surface area contributed by atoms with Gasteiger partial charge in [0.15, 0.2) is 10.1 Å². The second kappa shape index (κ2) is 8.17. The van der Waals surface area contributed by atoms with Crippen LogP contribution in [0.1, 0.15) is 0 Å². The average Bonchev–Trinajstić information content (AvgIpc) is 1.84. The van der Waals surface area contributed by atoms with Crippen LogP contribution >= 0.6 is 23.2 Å². The van der Waals surface area contributed by atoms with Gasteiger partial charge < -0.3 is 9.29 Å². The molecule has 92 valence electrons. The van der Waals surface area contributed by atoms with E-state index in [-0.39, 0.29) is 22.4 Å². The van der Waals surface area contributed by atoms with Gasteiger partial charge >= 0.3 is 27.9 Å². The van der Waals surface area contributed by atoms with Crippen LogP contribution in [-0.4, -0.2) is 30.6 Å². The molecule has 0 aromatic rings. The van der Waals surface area contributed by atoms with E-state index in [1.807, 2.05) is 0 Å². The fourth-order valence-electron chi connectivity index (χ4n) is 0. The standard InChI is InChI=1S/C2H4Cl2O.CHF3O3S.Ag/c1-5-2(3)4;2-1(3,4)8(5,6)7;/h2H,1H3;(H,5,6,7);/q;;+1/p-1. The van der Waals surface area contributed by atoms with E-state index in [4.69, 9.17) is 36.2 Å². The third-order valence-electron chi connectivity index (χ3n) is 0.462. The SMILES string of the molecule is COC(Cl)Cl.O=S(=O)([O-])C(F)(F)F.[Ag+]. The van der Waals surface area contributed by atoms with Gasteiger partial charge in [-0.25, -0.2) is 8.42 Å². The Morgan fingerprint density at radius 3 is 1.50 bits per heavy atom. The van der Waals surface area contributed by atoms with Gasteiger partial charge in [0.05, 0.1) is 0 Å². The van der Waals surface area contributed by atoms with Crippen molar-refractivity contribution in [3.05, 3.63) is 0 Å². The molecule has 0 bridgehead atoms. The summed E-state index contributed by atoms with van der Waals surface area (Å²) in [4.78, 5) is 0. The fraction of sp³-hybridized carbons (Fsp3) is 1.00. The molecule has 0 aliphatic rings. The number of halogens is 5. The van der Waals surface area contributed by atoms with E-state index in [0.29, 0.717) is 0 Å². The molecule has 0 saturated heterocycles. The predicted molar refractivity (Wildman–Crippen MR) is 38.3 cm³/mol. The number of alkyl halides is 5. The first kappa shape index (κ1) is 20.4. The summed E-state index contributed by atoms with van der Waals surface area (Å²) in [5, 5.41) is -0.671. The van der Waals surface area contributed by atoms with E-state index < -0.39 is 20.6 Å². The molecule has 0 aromatic carbocycles. The predicted octanol–water partition coefficient (Wildman–Crippen LogP) is 1.44. The first-order valence-electron chi connectivity index (χ1n) is 2.35. The van der Waals surface area contributed by atoms with Crippen LogP contribution in [0.15, 0.2) is 0 Å². The maximum absolute atomic E-state index is 10.7. The fourth-order valence-corrected chi connectivity index (χ4v) is 0. The summed E-state index contributed by atoms with van der Waals surface area (Å²) in [6.45, 7) is 0. The molecular formula is C3H4AgCl2F3O4S. The van der Waals surface area contributed by atoms with E-state index in [9.17, 15) is 13.2 Å². The molecule has 14 heavy (non-hydrogen) atoms. The molecule has 11 heteroatoms. The maximum atomic E-state index is 10.7. The number of methoxy groups -OCH3 is 1. The molecule has 0 unspecified atom stereocenters. The van der Waals surface area contributed by atoms with Gasteiger partial charge in [0.25, 0.3) is 0 Å². The smallest absolute Gasteiger partial charge is 0.741 e. The molecule has 0 aliphatic heterocycles. The van der Waals surface area contributed by atoms with E-state index in [1.165, 1.54) is 7.11 Å². The zero-order valence-electron chi connectivity index (χ0n) is 6.31. The quantitative estimate of drug-likeness (QED) is 0.303. The van der Waals surface area contributed by atoms with Crippen LogP contribution < -0.4 is 0 Å². The minimum atomic E-state index is -6.09. The van der Waals surface area contributed by atoms with Crippen molar-refractivity contribution in [1.82, 2.24) is 0 Å². The maximum Gasteiger partial charge on any atom is 1.00 e. The second-order valence-corrected chi connectivity index (χ2v) is 3.78. The topological polar surface area (TPSA) is 66.4 Å². The monoisotopic (exact) mass is 370 g/mol. The van der Waals surface area contributed by atoms with E-state index in [2.05, 4.69) is 4.74 Å². The van der Waals surface area contributed by atoms with Gasteiger partial charge in [0.1, 0.15) is 0 Å². The minimum absolute atomic E-state index is 0. The Kier molecular flexibility index (Phi) is 11.9. The van der Waals surface area contributed by atoms with Crippen LogP contribution in [0.25, 0.3) is 0 Å². The Hall–Kier alpha value is 0.980. The Balaban J connectivity index is -0.000000177. The largest absolute Gasteiger partial charge is 1.00 e. The van der Waals surface area contributed by atoms with Gasteiger partial charge in [0.2, 0.25) is 5.02 Å². The van der Waals surface area contributed by atoms with Crippen molar-refractivity contribution in [3.8, 4) is 0 Å². The van der Waals surface area contributed by atoms with Crippen LogP contribution in [0.3, 0.4) is 0 Å². The van der Waals surface area contributed by atoms with E-state index in [0.717, 1.165) is 0 Å². The minimum Gasteiger partial charge on any atom is -0.741 e. The second-order valence-electron chi connectivity index (χ2n) is 1.40. The first-order chi connectivity index (χ1) is 5.52. The van der Waals surface area contributed by atoms with Crippen LogP contribution in [0.5, 0.6) is 0 Å². The molecule has 0 aromatic heterocycles. The van der Waals surface area contributed by atoms with Crippen molar-refractivity contribution in [3.63, 3.8) is 0 Å². The van der Waals surface area contributed by atoms with Gasteiger partial charge in [-0.05, 0) is 0 Å². The van der Waals surface area contributed by atoms with Crippen LogP contribution in [0.4, 0.5) is 13.2 Å². The van der Waals surface area contributed by atoms with E-state index in [1.54, 1.807) is 0 Å². The summed E-state index contributed by atoms with van der Waals surface area (Å²) in [6.07, 6.45) is 0. The molecule has 0 fully saturated rings.